The summed E-state index contributed by atoms with van der Waals surface area (Å²) in [6.07, 6.45) is -41.5. The smallest absolute Gasteiger partial charge is 0.217 e. The fourth-order valence-corrected chi connectivity index (χ4v) is 7.31. The van der Waals surface area contributed by atoms with E-state index in [1.165, 1.54) is 13.8 Å². The van der Waals surface area contributed by atoms with E-state index in [2.05, 4.69) is 5.32 Å². The summed E-state index contributed by atoms with van der Waals surface area (Å²) < 4.78 is 50.9. The number of aliphatic hydroxyl groups excluding tert-OH is 14. The molecule has 5 aliphatic heterocycles. The number of aliphatic hydroxyl groups is 14. The van der Waals surface area contributed by atoms with Crippen molar-refractivity contribution in [3.8, 4) is 0 Å². The molecule has 0 aromatic carbocycles. The quantitative estimate of drug-likeness (QED) is 0.0867. The van der Waals surface area contributed by atoms with E-state index >= 15 is 0 Å². The Morgan fingerprint density at radius 3 is 1.40 bits per heavy atom. The van der Waals surface area contributed by atoms with Crippen LogP contribution in [0.3, 0.4) is 0 Å². The lowest BCUT2D eigenvalue weighted by Gasteiger charge is -2.50. The van der Waals surface area contributed by atoms with Gasteiger partial charge in [0, 0.05) is 6.92 Å². The van der Waals surface area contributed by atoms with Gasteiger partial charge in [-0.25, -0.2) is 0 Å². The third-order valence-electron chi connectivity index (χ3n) is 10.6. The molecule has 0 saturated carbocycles. The molecule has 5 aliphatic rings. The number of rotatable bonds is 12. The van der Waals surface area contributed by atoms with Crippen molar-refractivity contribution >= 4 is 5.91 Å². The van der Waals surface area contributed by atoms with E-state index in [9.17, 15) is 76.3 Å². The predicted octanol–water partition coefficient (Wildman–Crippen LogP) is -9.73. The zero-order valence-corrected chi connectivity index (χ0v) is 30.9. The first-order valence-electron chi connectivity index (χ1n) is 18.3. The van der Waals surface area contributed by atoms with Crippen molar-refractivity contribution in [3.63, 3.8) is 0 Å². The highest BCUT2D eigenvalue weighted by Crippen LogP contribution is 2.36. The molecule has 1 amide bonds. The van der Waals surface area contributed by atoms with E-state index in [0.29, 0.717) is 0 Å². The van der Waals surface area contributed by atoms with E-state index in [4.69, 9.17) is 42.6 Å². The van der Waals surface area contributed by atoms with Crippen LogP contribution < -0.4 is 5.32 Å². The Hall–Kier alpha value is -1.45. The summed E-state index contributed by atoms with van der Waals surface area (Å²) in [5.74, 6) is -0.760. The van der Waals surface area contributed by atoms with Gasteiger partial charge in [0.15, 0.2) is 31.5 Å². The molecule has 25 atom stereocenters. The third kappa shape index (κ3) is 9.71. The number of carbonyl (C=O) groups is 1. The van der Waals surface area contributed by atoms with Crippen LogP contribution in [-0.2, 0) is 47.4 Å². The molecule has 15 N–H and O–H groups in total. The monoisotopic (exact) mass is 837 g/mol. The lowest BCUT2D eigenvalue weighted by Crippen LogP contribution is -2.70. The molecule has 332 valence electrons. The van der Waals surface area contributed by atoms with Gasteiger partial charge in [0.25, 0.3) is 0 Å². The first-order valence-corrected chi connectivity index (χ1v) is 18.3. The van der Waals surface area contributed by atoms with Crippen molar-refractivity contribution in [3.05, 3.63) is 0 Å². The molecule has 25 heteroatoms. The van der Waals surface area contributed by atoms with Gasteiger partial charge in [-0.15, -0.1) is 0 Å². The van der Waals surface area contributed by atoms with Crippen LogP contribution in [0.4, 0.5) is 0 Å². The summed E-state index contributed by atoms with van der Waals surface area (Å²) in [5, 5.41) is 150. The molecule has 0 aromatic rings. The highest BCUT2D eigenvalue weighted by Gasteiger charge is 2.56. The lowest BCUT2D eigenvalue weighted by atomic mass is 9.94. The number of amides is 1. The van der Waals surface area contributed by atoms with Crippen LogP contribution in [0.2, 0.25) is 0 Å². The molecular formula is C32H55NO24. The fourth-order valence-electron chi connectivity index (χ4n) is 7.31. The highest BCUT2D eigenvalue weighted by molar-refractivity contribution is 5.73. The van der Waals surface area contributed by atoms with Crippen LogP contribution in [0, 0.1) is 0 Å². The molecule has 5 saturated heterocycles. The zero-order chi connectivity index (χ0) is 42.2. The summed E-state index contributed by atoms with van der Waals surface area (Å²) >= 11 is 0. The average molecular weight is 838 g/mol. The molecule has 25 nitrogen and oxygen atoms in total. The highest BCUT2D eigenvalue weighted by atomic mass is 16.8. The molecular weight excluding hydrogens is 782 g/mol. The fraction of sp³-hybridized carbons (Fsp3) is 0.969. The van der Waals surface area contributed by atoms with Gasteiger partial charge in [-0.2, -0.15) is 0 Å². The SMILES string of the molecule is CC(=O)N[C@H]1[C@H](O[C@H]2[C@@H](O)[C@@H](CO)O[C@@H](O[C@H]3[C@H](O[C@@H]4O[C@@H](C)[C@@H](O)[C@@H](O)[C@@H]4O)[C@@H](O)C(O)O[C@@H]3CO)[C@@H]2O)O[C@H](CO)[C@@H](O[C@@H]2O[C@@H](C)[C@@H](O)[C@@H](O)[C@@H]2O)[C@@H]1O. The minimum Gasteiger partial charge on any atom is -0.394 e. The predicted molar refractivity (Wildman–Crippen MR) is 175 cm³/mol. The van der Waals surface area contributed by atoms with E-state index in [-0.39, 0.29) is 0 Å². The van der Waals surface area contributed by atoms with Crippen LogP contribution in [0.15, 0.2) is 0 Å². The summed E-state index contributed by atoms with van der Waals surface area (Å²) in [7, 11) is 0. The second kappa shape index (κ2) is 19.5. The molecule has 0 radical (unpaired) electrons. The maximum Gasteiger partial charge on any atom is 0.217 e. The van der Waals surface area contributed by atoms with Crippen LogP contribution in [0.1, 0.15) is 20.8 Å². The summed E-state index contributed by atoms with van der Waals surface area (Å²) in [5.41, 5.74) is 0. The van der Waals surface area contributed by atoms with Crippen molar-refractivity contribution in [2.24, 2.45) is 0 Å². The molecule has 0 aromatic heterocycles. The molecule has 5 fully saturated rings. The number of nitrogens with one attached hydrogen (secondary N) is 1. The number of carbonyl (C=O) groups excluding carboxylic acids is 1. The molecule has 1 unspecified atom stereocenters. The number of hydrogen-bond donors (Lipinski definition) is 15. The minimum absolute atomic E-state index is 0.760. The van der Waals surface area contributed by atoms with Crippen LogP contribution in [-0.4, -0.2) is 251 Å². The molecule has 57 heavy (non-hydrogen) atoms. The number of hydrogen-bond acceptors (Lipinski definition) is 24. The topological polar surface area (TPSA) is 395 Å². The van der Waals surface area contributed by atoms with E-state index < -0.39 is 179 Å². The maximum absolute atomic E-state index is 12.3. The largest absolute Gasteiger partial charge is 0.394 e. The molecule has 5 heterocycles. The Bertz CT molecular complexity index is 1290. The first-order chi connectivity index (χ1) is 26.8. The van der Waals surface area contributed by atoms with Crippen molar-refractivity contribution in [1.82, 2.24) is 5.32 Å². The van der Waals surface area contributed by atoms with Gasteiger partial charge in [-0.05, 0) is 13.8 Å². The molecule has 0 bridgehead atoms. The van der Waals surface area contributed by atoms with Crippen LogP contribution in [0.25, 0.3) is 0 Å². The van der Waals surface area contributed by atoms with E-state index in [0.717, 1.165) is 6.92 Å². The van der Waals surface area contributed by atoms with Crippen molar-refractivity contribution < 1.29 is 119 Å². The maximum atomic E-state index is 12.3. The van der Waals surface area contributed by atoms with Crippen molar-refractivity contribution in [1.29, 1.82) is 0 Å². The summed E-state index contributed by atoms with van der Waals surface area (Å²) in [6, 6.07) is -1.63. The Balaban J connectivity index is 1.38. The lowest BCUT2D eigenvalue weighted by molar-refractivity contribution is -0.392. The van der Waals surface area contributed by atoms with Gasteiger partial charge in [-0.3, -0.25) is 4.79 Å². The Morgan fingerprint density at radius 1 is 0.456 bits per heavy atom. The third-order valence-corrected chi connectivity index (χ3v) is 10.6. The van der Waals surface area contributed by atoms with Crippen molar-refractivity contribution in [2.45, 2.75) is 174 Å². The number of ether oxygens (including phenoxy) is 9. The van der Waals surface area contributed by atoms with Gasteiger partial charge >= 0.3 is 0 Å². The van der Waals surface area contributed by atoms with Crippen LogP contribution in [0.5, 0.6) is 0 Å². The van der Waals surface area contributed by atoms with Gasteiger partial charge < -0.3 is 119 Å². The normalized spacial score (nSPS) is 52.3. The summed E-state index contributed by atoms with van der Waals surface area (Å²) in [4.78, 5) is 12.3. The molecule has 0 spiro atoms. The second-order valence-electron chi connectivity index (χ2n) is 14.7. The second-order valence-corrected chi connectivity index (χ2v) is 14.7. The molecule has 5 rings (SSSR count). The summed E-state index contributed by atoms with van der Waals surface area (Å²) in [6.45, 7) is 1.00. The zero-order valence-electron chi connectivity index (χ0n) is 30.9. The van der Waals surface area contributed by atoms with E-state index in [1.54, 1.807) is 0 Å². The van der Waals surface area contributed by atoms with Crippen molar-refractivity contribution in [2.75, 3.05) is 19.8 Å². The first kappa shape index (κ1) is 46.6. The minimum atomic E-state index is -2.11. The van der Waals surface area contributed by atoms with Gasteiger partial charge in [-0.1, -0.05) is 0 Å². The Labute approximate surface area is 324 Å². The van der Waals surface area contributed by atoms with Gasteiger partial charge in [0.2, 0.25) is 5.91 Å². The van der Waals surface area contributed by atoms with Crippen LogP contribution >= 0.6 is 0 Å². The molecule has 0 aliphatic carbocycles. The van der Waals surface area contributed by atoms with E-state index in [1.807, 2.05) is 0 Å². The Kier molecular flexibility index (Phi) is 16.0. The average Bonchev–Trinajstić information content (AvgIpc) is 3.17. The Morgan fingerprint density at radius 2 is 0.895 bits per heavy atom. The van der Waals surface area contributed by atoms with Gasteiger partial charge in [0.1, 0.15) is 110 Å². The standard InChI is InChI=1S/C32H55NO24/c1-7-14(38)18(42)20(44)30(49-7)54-24-11(5-35)53-29(13(17(24)41)33-9(3)37)56-26-16(40)10(4-34)52-32(23(26)47)55-25-12(6-36)51-28(48)22(46)27(25)57-31-21(45)19(43)15(39)8(2)50-31/h7-8,10-32,34-36,38-48H,4-6H2,1-3H3,(H,33,37)/t7-,8-,10+,11+,12+,13+,14+,15+,16-,17+,18+,19+,20-,21-,22+,23+,24+,25+,26-,27+,28?,29-,30-,31-,32-/m0/s1. The van der Waals surface area contributed by atoms with Gasteiger partial charge in [0.05, 0.1) is 32.0 Å².